The molecule has 2 aromatic heterocycles. The molecule has 3 heterocycles. The van der Waals surface area contributed by atoms with Gasteiger partial charge in [-0.25, -0.2) is 13.8 Å². The van der Waals surface area contributed by atoms with Crippen LogP contribution in [0.2, 0.25) is 5.15 Å². The van der Waals surface area contributed by atoms with Crippen LogP contribution in [0.15, 0.2) is 35.1 Å². The largest absolute Gasteiger partial charge is 0.366 e. The lowest BCUT2D eigenvalue weighted by Gasteiger charge is -2.36. The topological polar surface area (TPSA) is 65.2 Å². The van der Waals surface area contributed by atoms with Crippen LogP contribution < -0.4 is 10.5 Å². The minimum Gasteiger partial charge on any atom is -0.366 e. The van der Waals surface area contributed by atoms with E-state index in [-0.39, 0.29) is 16.3 Å². The molecule has 9 heteroatoms. The highest BCUT2D eigenvalue weighted by molar-refractivity contribution is 6.29. The van der Waals surface area contributed by atoms with Gasteiger partial charge in [0.05, 0.1) is 11.2 Å². The Balaban J connectivity index is 1.63. The smallest absolute Gasteiger partial charge is 0.270 e. The zero-order valence-electron chi connectivity index (χ0n) is 16.2. The Hall–Kier alpha value is -3.02. The van der Waals surface area contributed by atoms with Gasteiger partial charge < -0.3 is 9.47 Å². The molecule has 0 N–H and O–H groups in total. The number of hydrogen-bond donors (Lipinski definition) is 0. The summed E-state index contributed by atoms with van der Waals surface area (Å²) in [5.41, 5.74) is 1.78. The van der Waals surface area contributed by atoms with E-state index in [2.05, 4.69) is 9.88 Å². The average Bonchev–Trinajstić information content (AvgIpc) is 2.70. The lowest BCUT2D eigenvalue weighted by Crippen LogP contribution is -2.47. The number of fused-ring (bicyclic) bond motifs is 1. The zero-order chi connectivity index (χ0) is 21.4. The second-order valence-corrected chi connectivity index (χ2v) is 7.63. The first kappa shape index (κ1) is 20.3. The van der Waals surface area contributed by atoms with Gasteiger partial charge in [-0.1, -0.05) is 11.6 Å². The Morgan fingerprint density at radius 2 is 1.80 bits per heavy atom. The molecule has 154 valence electrons. The second-order valence-electron chi connectivity index (χ2n) is 7.24. The fraction of sp³-hybridized carbons (Fsp3) is 0.286. The van der Waals surface area contributed by atoms with E-state index in [1.54, 1.807) is 19.2 Å². The molecule has 3 aromatic rings. The maximum Gasteiger partial charge on any atom is 0.270 e. The van der Waals surface area contributed by atoms with Crippen molar-refractivity contribution in [2.75, 3.05) is 31.1 Å². The summed E-state index contributed by atoms with van der Waals surface area (Å²) in [6.45, 7) is 2.67. The van der Waals surface area contributed by atoms with Crippen molar-refractivity contribution < 1.29 is 8.78 Å². The molecular weight excluding hydrogens is 412 g/mol. The molecule has 0 spiro atoms. The third kappa shape index (κ3) is 3.74. The molecule has 1 fully saturated rings. The highest BCUT2D eigenvalue weighted by Gasteiger charge is 2.25. The number of nitrogens with zero attached hydrogens (tertiary/aromatic N) is 5. The van der Waals surface area contributed by atoms with Gasteiger partial charge in [-0.2, -0.15) is 5.26 Å². The van der Waals surface area contributed by atoms with Crippen LogP contribution in [0.25, 0.3) is 11.0 Å². The molecule has 0 radical (unpaired) electrons. The molecule has 30 heavy (non-hydrogen) atoms. The third-order valence-corrected chi connectivity index (χ3v) is 5.52. The van der Waals surface area contributed by atoms with Crippen LogP contribution in [-0.4, -0.2) is 40.6 Å². The van der Waals surface area contributed by atoms with Crippen molar-refractivity contribution in [1.29, 1.82) is 5.26 Å². The lowest BCUT2D eigenvalue weighted by atomic mass is 10.1. The van der Waals surface area contributed by atoms with Crippen molar-refractivity contribution in [2.45, 2.75) is 6.54 Å². The summed E-state index contributed by atoms with van der Waals surface area (Å²) in [7, 11) is 1.60. The Morgan fingerprint density at radius 1 is 1.13 bits per heavy atom. The van der Waals surface area contributed by atoms with Crippen molar-refractivity contribution in [3.63, 3.8) is 0 Å². The summed E-state index contributed by atoms with van der Waals surface area (Å²) in [5.74, 6) is -1.20. The predicted octanol–water partition coefficient (Wildman–Crippen LogP) is 3.06. The van der Waals surface area contributed by atoms with Crippen LogP contribution in [0.1, 0.15) is 11.1 Å². The Kier molecular flexibility index (Phi) is 5.41. The fourth-order valence-corrected chi connectivity index (χ4v) is 4.02. The fourth-order valence-electron chi connectivity index (χ4n) is 3.87. The van der Waals surface area contributed by atoms with E-state index in [0.717, 1.165) is 6.07 Å². The second kappa shape index (κ2) is 8.01. The Labute approximate surface area is 176 Å². The summed E-state index contributed by atoms with van der Waals surface area (Å²) in [6.07, 6.45) is 0. The molecule has 4 rings (SSSR count). The molecule has 0 aliphatic carbocycles. The van der Waals surface area contributed by atoms with Crippen molar-refractivity contribution in [2.24, 2.45) is 7.05 Å². The molecule has 1 aromatic carbocycles. The molecule has 1 saturated heterocycles. The number of pyridine rings is 2. The first-order valence-corrected chi connectivity index (χ1v) is 9.77. The Bertz CT molecular complexity index is 1210. The van der Waals surface area contributed by atoms with E-state index in [0.29, 0.717) is 55.0 Å². The summed E-state index contributed by atoms with van der Waals surface area (Å²) in [6, 6.07) is 8.84. The van der Waals surface area contributed by atoms with Gasteiger partial charge in [0.1, 0.15) is 33.9 Å². The molecular formula is C21H18ClF2N5O. The van der Waals surface area contributed by atoms with Gasteiger partial charge in [-0.15, -0.1) is 0 Å². The van der Waals surface area contributed by atoms with E-state index >= 15 is 0 Å². The number of nitriles is 1. The summed E-state index contributed by atoms with van der Waals surface area (Å²) in [5, 5.41) is 9.93. The molecule has 0 saturated carbocycles. The first-order valence-electron chi connectivity index (χ1n) is 9.39. The van der Waals surface area contributed by atoms with Gasteiger partial charge in [0.15, 0.2) is 0 Å². The number of halogens is 3. The summed E-state index contributed by atoms with van der Waals surface area (Å²) >= 11 is 6.09. The van der Waals surface area contributed by atoms with Crippen LogP contribution in [-0.2, 0) is 13.6 Å². The van der Waals surface area contributed by atoms with Crippen molar-refractivity contribution >= 4 is 28.3 Å². The monoisotopic (exact) mass is 429 g/mol. The van der Waals surface area contributed by atoms with Gasteiger partial charge in [0.25, 0.3) is 5.56 Å². The number of anilines is 1. The lowest BCUT2D eigenvalue weighted by molar-refractivity contribution is 0.249. The SMILES string of the molecule is Cn1c(=O)c(C#N)c(N2CCN(Cc3cc(F)cc(F)c3)CC2)c2nc(Cl)ccc21. The molecule has 0 unspecified atom stereocenters. The minimum absolute atomic E-state index is 0.0282. The first-order chi connectivity index (χ1) is 14.4. The highest BCUT2D eigenvalue weighted by atomic mass is 35.5. The van der Waals surface area contributed by atoms with Gasteiger partial charge in [0, 0.05) is 45.8 Å². The van der Waals surface area contributed by atoms with Crippen LogP contribution in [0.3, 0.4) is 0 Å². The molecule has 6 nitrogen and oxygen atoms in total. The quantitative estimate of drug-likeness (QED) is 0.599. The van der Waals surface area contributed by atoms with Gasteiger partial charge >= 0.3 is 0 Å². The van der Waals surface area contributed by atoms with Crippen molar-refractivity contribution in [3.05, 3.63) is 68.6 Å². The van der Waals surface area contributed by atoms with Crippen molar-refractivity contribution in [3.8, 4) is 6.07 Å². The summed E-state index contributed by atoms with van der Waals surface area (Å²) in [4.78, 5) is 21.1. The molecule has 0 atom stereocenters. The summed E-state index contributed by atoms with van der Waals surface area (Å²) < 4.78 is 28.3. The van der Waals surface area contributed by atoms with Crippen LogP contribution in [0.5, 0.6) is 0 Å². The average molecular weight is 430 g/mol. The number of hydrogen-bond acceptors (Lipinski definition) is 5. The molecule has 1 aliphatic heterocycles. The van der Waals surface area contributed by atoms with Gasteiger partial charge in [-0.3, -0.25) is 9.69 Å². The maximum atomic E-state index is 13.5. The van der Waals surface area contributed by atoms with Gasteiger partial charge in [0.2, 0.25) is 0 Å². The standard InChI is InChI=1S/C21H18ClF2N5O/c1-27-17-2-3-18(22)26-19(17)20(16(11-25)21(27)30)29-6-4-28(5-7-29)12-13-8-14(23)10-15(24)9-13/h2-3,8-10H,4-7,12H2,1H3. The van der Waals surface area contributed by atoms with E-state index in [1.807, 2.05) is 11.0 Å². The number of aryl methyl sites for hydroxylation is 1. The molecule has 0 amide bonds. The number of piperazine rings is 1. The predicted molar refractivity (Wildman–Crippen MR) is 111 cm³/mol. The van der Waals surface area contributed by atoms with Crippen molar-refractivity contribution in [1.82, 2.24) is 14.5 Å². The number of benzene rings is 1. The van der Waals surface area contributed by atoms with E-state index < -0.39 is 11.6 Å². The number of rotatable bonds is 3. The normalized spacial score (nSPS) is 14.8. The van der Waals surface area contributed by atoms with E-state index in [1.165, 1.54) is 16.7 Å². The van der Waals surface area contributed by atoms with E-state index in [9.17, 15) is 18.8 Å². The van der Waals surface area contributed by atoms with Crippen LogP contribution in [0.4, 0.5) is 14.5 Å². The van der Waals surface area contributed by atoms with Crippen LogP contribution in [0, 0.1) is 23.0 Å². The Morgan fingerprint density at radius 3 is 2.43 bits per heavy atom. The number of aromatic nitrogens is 2. The molecule has 0 bridgehead atoms. The molecule has 1 aliphatic rings. The zero-order valence-corrected chi connectivity index (χ0v) is 17.0. The minimum atomic E-state index is -0.600. The van der Waals surface area contributed by atoms with E-state index in [4.69, 9.17) is 11.6 Å². The van der Waals surface area contributed by atoms with Crippen LogP contribution >= 0.6 is 11.6 Å². The van der Waals surface area contributed by atoms with Gasteiger partial charge in [-0.05, 0) is 29.8 Å². The maximum absolute atomic E-state index is 13.5. The third-order valence-electron chi connectivity index (χ3n) is 5.31. The highest BCUT2D eigenvalue weighted by Crippen LogP contribution is 2.29.